The SMILES string of the molecule is CCOCN(C(=O)CNc1c(C)cccc1CC)c1c(C)cccc1CC. The molecule has 0 saturated heterocycles. The highest BCUT2D eigenvalue weighted by molar-refractivity contribution is 5.97. The van der Waals surface area contributed by atoms with Gasteiger partial charge in [0.1, 0.15) is 6.73 Å². The van der Waals surface area contributed by atoms with Crippen LogP contribution < -0.4 is 10.2 Å². The summed E-state index contributed by atoms with van der Waals surface area (Å²) in [5.74, 6) is 0.0118. The number of ether oxygens (including phenoxy) is 1. The zero-order valence-corrected chi connectivity index (χ0v) is 17.3. The van der Waals surface area contributed by atoms with Crippen LogP contribution in [0.5, 0.6) is 0 Å². The van der Waals surface area contributed by atoms with Crippen molar-refractivity contribution in [3.63, 3.8) is 0 Å². The lowest BCUT2D eigenvalue weighted by molar-refractivity contribution is -0.118. The molecule has 4 heteroatoms. The number of carbonyl (C=O) groups is 1. The molecule has 2 aromatic carbocycles. The second-order valence-electron chi connectivity index (χ2n) is 6.70. The third-order valence-electron chi connectivity index (χ3n) is 4.85. The van der Waals surface area contributed by atoms with E-state index < -0.39 is 0 Å². The number of hydrogen-bond donors (Lipinski definition) is 1. The van der Waals surface area contributed by atoms with E-state index in [1.165, 1.54) is 5.56 Å². The van der Waals surface area contributed by atoms with Gasteiger partial charge >= 0.3 is 0 Å². The molecule has 1 N–H and O–H groups in total. The summed E-state index contributed by atoms with van der Waals surface area (Å²) in [7, 11) is 0. The number of para-hydroxylation sites is 2. The Morgan fingerprint density at radius 3 is 2.22 bits per heavy atom. The van der Waals surface area contributed by atoms with Crippen LogP contribution in [-0.2, 0) is 22.4 Å². The summed E-state index contributed by atoms with van der Waals surface area (Å²) >= 11 is 0. The standard InChI is InChI=1S/C23H32N2O2/c1-6-19-13-9-11-17(4)22(19)24-15-21(26)25(16-27-8-3)23-18(5)12-10-14-20(23)7-2/h9-14,24H,6-8,15-16H2,1-5H3. The van der Waals surface area contributed by atoms with Crippen LogP contribution in [0.1, 0.15) is 43.0 Å². The van der Waals surface area contributed by atoms with Gasteiger partial charge in [-0.3, -0.25) is 9.69 Å². The number of hydrogen-bond acceptors (Lipinski definition) is 3. The van der Waals surface area contributed by atoms with E-state index in [9.17, 15) is 4.79 Å². The number of benzene rings is 2. The molecule has 0 fully saturated rings. The maximum atomic E-state index is 13.1. The van der Waals surface area contributed by atoms with Gasteiger partial charge in [0.05, 0.1) is 12.2 Å². The first-order valence-electron chi connectivity index (χ1n) is 9.82. The molecular weight excluding hydrogens is 336 g/mol. The zero-order valence-electron chi connectivity index (χ0n) is 17.3. The summed E-state index contributed by atoms with van der Waals surface area (Å²) in [6.07, 6.45) is 1.80. The second-order valence-corrected chi connectivity index (χ2v) is 6.70. The molecule has 2 rings (SSSR count). The molecule has 0 unspecified atom stereocenters. The highest BCUT2D eigenvalue weighted by atomic mass is 16.5. The maximum Gasteiger partial charge on any atom is 0.248 e. The van der Waals surface area contributed by atoms with Crippen LogP contribution in [0.2, 0.25) is 0 Å². The molecule has 0 aromatic heterocycles. The number of amides is 1. The number of aryl methyl sites for hydroxylation is 4. The Kier molecular flexibility index (Phi) is 7.86. The summed E-state index contributed by atoms with van der Waals surface area (Å²) < 4.78 is 5.62. The molecule has 1 amide bonds. The minimum atomic E-state index is 0.0118. The van der Waals surface area contributed by atoms with Crippen molar-refractivity contribution in [3.8, 4) is 0 Å². The largest absolute Gasteiger partial charge is 0.376 e. The average Bonchev–Trinajstić information content (AvgIpc) is 2.67. The van der Waals surface area contributed by atoms with E-state index in [0.717, 1.165) is 40.9 Å². The van der Waals surface area contributed by atoms with E-state index in [4.69, 9.17) is 4.74 Å². The van der Waals surface area contributed by atoms with E-state index in [1.807, 2.05) is 26.0 Å². The van der Waals surface area contributed by atoms with Crippen molar-refractivity contribution in [2.75, 3.05) is 30.1 Å². The minimum Gasteiger partial charge on any atom is -0.376 e. The Morgan fingerprint density at radius 1 is 0.963 bits per heavy atom. The lowest BCUT2D eigenvalue weighted by atomic mass is 10.0. The fourth-order valence-corrected chi connectivity index (χ4v) is 3.37. The van der Waals surface area contributed by atoms with E-state index in [1.54, 1.807) is 4.90 Å². The number of rotatable bonds is 9. The molecule has 0 spiro atoms. The van der Waals surface area contributed by atoms with E-state index in [2.05, 4.69) is 50.4 Å². The van der Waals surface area contributed by atoms with Crippen molar-refractivity contribution in [1.82, 2.24) is 0 Å². The third-order valence-corrected chi connectivity index (χ3v) is 4.85. The molecule has 0 aliphatic carbocycles. The summed E-state index contributed by atoms with van der Waals surface area (Å²) in [6.45, 7) is 11.4. The zero-order chi connectivity index (χ0) is 19.8. The van der Waals surface area contributed by atoms with Gasteiger partial charge in [-0.1, -0.05) is 50.2 Å². The highest BCUT2D eigenvalue weighted by Crippen LogP contribution is 2.27. The van der Waals surface area contributed by atoms with Crippen LogP contribution >= 0.6 is 0 Å². The fraction of sp³-hybridized carbons (Fsp3) is 0.435. The topological polar surface area (TPSA) is 41.6 Å². The van der Waals surface area contributed by atoms with Crippen LogP contribution in [0, 0.1) is 13.8 Å². The van der Waals surface area contributed by atoms with Gasteiger partial charge in [0.2, 0.25) is 5.91 Å². The lowest BCUT2D eigenvalue weighted by Gasteiger charge is -2.27. The van der Waals surface area contributed by atoms with E-state index >= 15 is 0 Å². The first-order valence-corrected chi connectivity index (χ1v) is 9.82. The normalized spacial score (nSPS) is 10.7. The highest BCUT2D eigenvalue weighted by Gasteiger charge is 2.20. The molecule has 0 saturated carbocycles. The molecule has 0 aliphatic rings. The summed E-state index contributed by atoms with van der Waals surface area (Å²) in [4.78, 5) is 14.9. The summed E-state index contributed by atoms with van der Waals surface area (Å²) in [5.41, 5.74) is 6.67. The van der Waals surface area contributed by atoms with Gasteiger partial charge in [-0.2, -0.15) is 0 Å². The maximum absolute atomic E-state index is 13.1. The average molecular weight is 369 g/mol. The molecule has 2 aromatic rings. The summed E-state index contributed by atoms with van der Waals surface area (Å²) in [5, 5.41) is 3.37. The van der Waals surface area contributed by atoms with E-state index in [0.29, 0.717) is 6.61 Å². The van der Waals surface area contributed by atoms with E-state index in [-0.39, 0.29) is 19.2 Å². The molecule has 0 radical (unpaired) electrons. The molecule has 27 heavy (non-hydrogen) atoms. The number of carbonyl (C=O) groups excluding carboxylic acids is 1. The van der Waals surface area contributed by atoms with Crippen LogP contribution in [0.3, 0.4) is 0 Å². The Hall–Kier alpha value is -2.33. The molecule has 0 atom stereocenters. The smallest absolute Gasteiger partial charge is 0.248 e. The van der Waals surface area contributed by atoms with Crippen molar-refractivity contribution in [2.24, 2.45) is 0 Å². The number of nitrogens with zero attached hydrogens (tertiary/aromatic N) is 1. The number of anilines is 2. The van der Waals surface area contributed by atoms with Crippen LogP contribution in [0.25, 0.3) is 0 Å². The van der Waals surface area contributed by atoms with Crippen LogP contribution in [-0.4, -0.2) is 25.8 Å². The molecule has 4 nitrogen and oxygen atoms in total. The quantitative estimate of drug-likeness (QED) is 0.642. The van der Waals surface area contributed by atoms with Gasteiger partial charge in [-0.25, -0.2) is 0 Å². The van der Waals surface area contributed by atoms with Crippen molar-refractivity contribution in [3.05, 3.63) is 58.7 Å². The van der Waals surface area contributed by atoms with Crippen LogP contribution in [0.4, 0.5) is 11.4 Å². The number of nitrogens with one attached hydrogen (secondary N) is 1. The van der Waals surface area contributed by atoms with Gasteiger partial charge in [0.25, 0.3) is 0 Å². The Labute approximate surface area is 163 Å². The fourth-order valence-electron chi connectivity index (χ4n) is 3.37. The van der Waals surface area contributed by atoms with Gasteiger partial charge in [0.15, 0.2) is 0 Å². The van der Waals surface area contributed by atoms with Crippen molar-refractivity contribution < 1.29 is 9.53 Å². The Morgan fingerprint density at radius 2 is 1.59 bits per heavy atom. The summed E-state index contributed by atoms with van der Waals surface area (Å²) in [6, 6.07) is 12.4. The van der Waals surface area contributed by atoms with Crippen molar-refractivity contribution in [2.45, 2.75) is 47.5 Å². The minimum absolute atomic E-state index is 0.0118. The lowest BCUT2D eigenvalue weighted by Crippen LogP contribution is -2.38. The van der Waals surface area contributed by atoms with Crippen LogP contribution in [0.15, 0.2) is 36.4 Å². The second kappa shape index (κ2) is 10.1. The third kappa shape index (κ3) is 5.10. The Bertz CT molecular complexity index is 771. The molecule has 0 bridgehead atoms. The Balaban J connectivity index is 2.27. The monoisotopic (exact) mass is 368 g/mol. The van der Waals surface area contributed by atoms with Gasteiger partial charge in [-0.15, -0.1) is 0 Å². The van der Waals surface area contributed by atoms with Gasteiger partial charge < -0.3 is 10.1 Å². The molecule has 146 valence electrons. The van der Waals surface area contributed by atoms with Crippen molar-refractivity contribution in [1.29, 1.82) is 0 Å². The molecule has 0 aliphatic heterocycles. The van der Waals surface area contributed by atoms with Gasteiger partial charge in [-0.05, 0) is 55.9 Å². The molecule has 0 heterocycles. The molecular formula is C23H32N2O2. The predicted molar refractivity (Wildman–Crippen MR) is 114 cm³/mol. The predicted octanol–water partition coefficient (Wildman–Crippen LogP) is 4.87. The van der Waals surface area contributed by atoms with Crippen molar-refractivity contribution >= 4 is 17.3 Å². The van der Waals surface area contributed by atoms with Gasteiger partial charge in [0, 0.05) is 12.3 Å². The first-order chi connectivity index (χ1) is 13.0. The first kappa shape index (κ1) is 21.0.